The molecule has 2 heterocycles. The van der Waals surface area contributed by atoms with Crippen LogP contribution in [-0.2, 0) is 22.4 Å². The first-order chi connectivity index (χ1) is 12.0. The zero-order chi connectivity index (χ0) is 17.8. The summed E-state index contributed by atoms with van der Waals surface area (Å²) < 4.78 is 5.64. The van der Waals surface area contributed by atoms with Crippen molar-refractivity contribution in [3.63, 3.8) is 0 Å². The topological polar surface area (TPSA) is 49.9 Å². The van der Waals surface area contributed by atoms with E-state index >= 15 is 0 Å². The molecule has 0 spiro atoms. The van der Waals surface area contributed by atoms with Crippen LogP contribution in [0.4, 0.5) is 0 Å². The van der Waals surface area contributed by atoms with Crippen LogP contribution in [0, 0.1) is 5.92 Å². The maximum Gasteiger partial charge on any atom is 0.227 e. The highest BCUT2D eigenvalue weighted by Gasteiger charge is 2.23. The molecule has 2 amide bonds. The number of fused-ring (bicyclic) bond motifs is 1. The molecule has 0 N–H and O–H groups in total. The molecule has 1 saturated heterocycles. The Bertz CT molecular complexity index is 642. The van der Waals surface area contributed by atoms with Gasteiger partial charge in [-0.25, -0.2) is 0 Å². The van der Waals surface area contributed by atoms with E-state index in [4.69, 9.17) is 4.74 Å². The van der Waals surface area contributed by atoms with Crippen molar-refractivity contribution in [3.05, 3.63) is 29.3 Å². The summed E-state index contributed by atoms with van der Waals surface area (Å²) in [5, 5.41) is 0. The van der Waals surface area contributed by atoms with Crippen LogP contribution in [-0.4, -0.2) is 54.4 Å². The molecule has 5 heteroatoms. The van der Waals surface area contributed by atoms with Gasteiger partial charge in [0.05, 0.1) is 13.0 Å². The second-order valence-corrected chi connectivity index (χ2v) is 7.29. The van der Waals surface area contributed by atoms with Crippen LogP contribution in [0.1, 0.15) is 37.8 Å². The number of rotatable bonds is 3. The van der Waals surface area contributed by atoms with Gasteiger partial charge in [0.25, 0.3) is 0 Å². The van der Waals surface area contributed by atoms with E-state index in [1.54, 1.807) is 0 Å². The summed E-state index contributed by atoms with van der Waals surface area (Å²) in [5.74, 6) is 1.31. The molecule has 0 aromatic heterocycles. The summed E-state index contributed by atoms with van der Waals surface area (Å²) in [6.45, 7) is 7.38. The standard InChI is InChI=1S/C20H28N2O3/c1-15(2)20(24)22-9-4-8-21(10-11-22)19(23)14-16-6-7-18-17(13-16)5-3-12-25-18/h6-7,13,15H,3-5,8-12,14H2,1-2H3. The van der Waals surface area contributed by atoms with Gasteiger partial charge in [-0.1, -0.05) is 26.0 Å². The van der Waals surface area contributed by atoms with E-state index in [9.17, 15) is 9.59 Å². The average Bonchev–Trinajstić information content (AvgIpc) is 2.87. The summed E-state index contributed by atoms with van der Waals surface area (Å²) in [4.78, 5) is 28.7. The van der Waals surface area contributed by atoms with Crippen molar-refractivity contribution in [1.29, 1.82) is 0 Å². The highest BCUT2D eigenvalue weighted by Crippen LogP contribution is 2.26. The first-order valence-corrected chi connectivity index (χ1v) is 9.36. The quantitative estimate of drug-likeness (QED) is 0.845. The molecular formula is C20H28N2O3. The lowest BCUT2D eigenvalue weighted by atomic mass is 10.0. The van der Waals surface area contributed by atoms with E-state index in [1.165, 1.54) is 5.56 Å². The molecule has 3 rings (SSSR count). The van der Waals surface area contributed by atoms with Crippen molar-refractivity contribution < 1.29 is 14.3 Å². The maximum absolute atomic E-state index is 12.7. The van der Waals surface area contributed by atoms with Crippen LogP contribution in [0.25, 0.3) is 0 Å². The Morgan fingerprint density at radius 1 is 1.08 bits per heavy atom. The Labute approximate surface area is 149 Å². The number of carbonyl (C=O) groups is 2. The highest BCUT2D eigenvalue weighted by atomic mass is 16.5. The number of ether oxygens (including phenoxy) is 1. The van der Waals surface area contributed by atoms with Crippen molar-refractivity contribution in [1.82, 2.24) is 9.80 Å². The summed E-state index contributed by atoms with van der Waals surface area (Å²) >= 11 is 0. The number of hydrogen-bond acceptors (Lipinski definition) is 3. The Kier molecular flexibility index (Phi) is 5.61. The summed E-state index contributed by atoms with van der Waals surface area (Å²) in [5.41, 5.74) is 2.26. The molecule has 1 aromatic rings. The monoisotopic (exact) mass is 344 g/mol. The van der Waals surface area contributed by atoms with Gasteiger partial charge in [-0.15, -0.1) is 0 Å². The number of hydrogen-bond donors (Lipinski definition) is 0. The van der Waals surface area contributed by atoms with Crippen LogP contribution in [0.5, 0.6) is 5.75 Å². The third-order valence-corrected chi connectivity index (χ3v) is 4.98. The third-order valence-electron chi connectivity index (χ3n) is 4.98. The maximum atomic E-state index is 12.7. The van der Waals surface area contributed by atoms with Crippen LogP contribution in [0.2, 0.25) is 0 Å². The van der Waals surface area contributed by atoms with Gasteiger partial charge in [0.2, 0.25) is 11.8 Å². The molecule has 0 aliphatic carbocycles. The summed E-state index contributed by atoms with van der Waals surface area (Å²) in [7, 11) is 0. The van der Waals surface area contributed by atoms with Crippen molar-refractivity contribution in [2.24, 2.45) is 5.92 Å². The molecule has 0 bridgehead atoms. The molecule has 2 aliphatic rings. The van der Waals surface area contributed by atoms with E-state index in [-0.39, 0.29) is 17.7 Å². The fourth-order valence-corrected chi connectivity index (χ4v) is 3.56. The fraction of sp³-hybridized carbons (Fsp3) is 0.600. The average molecular weight is 344 g/mol. The smallest absolute Gasteiger partial charge is 0.227 e. The SMILES string of the molecule is CC(C)C(=O)N1CCCN(C(=O)Cc2ccc3c(c2)CCCO3)CC1. The minimum Gasteiger partial charge on any atom is -0.493 e. The van der Waals surface area contributed by atoms with Crippen LogP contribution < -0.4 is 4.74 Å². The van der Waals surface area contributed by atoms with Crippen molar-refractivity contribution in [2.75, 3.05) is 32.8 Å². The predicted molar refractivity (Wildman–Crippen MR) is 96.6 cm³/mol. The second-order valence-electron chi connectivity index (χ2n) is 7.29. The normalized spacial score (nSPS) is 17.7. The lowest BCUT2D eigenvalue weighted by Crippen LogP contribution is -2.39. The number of amides is 2. The molecule has 0 unspecified atom stereocenters. The number of nitrogens with zero attached hydrogens (tertiary/aromatic N) is 2. The van der Waals surface area contributed by atoms with Gasteiger partial charge in [-0.2, -0.15) is 0 Å². The Morgan fingerprint density at radius 2 is 1.84 bits per heavy atom. The lowest BCUT2D eigenvalue weighted by Gasteiger charge is -2.24. The molecule has 5 nitrogen and oxygen atoms in total. The van der Waals surface area contributed by atoms with Gasteiger partial charge in [0.15, 0.2) is 0 Å². The number of aryl methyl sites for hydroxylation is 1. The molecule has 2 aliphatic heterocycles. The van der Waals surface area contributed by atoms with Crippen LogP contribution >= 0.6 is 0 Å². The summed E-state index contributed by atoms with van der Waals surface area (Å²) in [6, 6.07) is 6.09. The molecule has 136 valence electrons. The second kappa shape index (κ2) is 7.89. The van der Waals surface area contributed by atoms with Crippen molar-refractivity contribution in [3.8, 4) is 5.75 Å². The first kappa shape index (κ1) is 17.8. The van der Waals surface area contributed by atoms with E-state index in [2.05, 4.69) is 6.07 Å². The van der Waals surface area contributed by atoms with E-state index in [1.807, 2.05) is 35.8 Å². The minimum absolute atomic E-state index is 0.0139. The van der Waals surface area contributed by atoms with Crippen molar-refractivity contribution in [2.45, 2.75) is 39.5 Å². The van der Waals surface area contributed by atoms with Crippen LogP contribution in [0.3, 0.4) is 0 Å². The molecule has 1 fully saturated rings. The molecule has 0 radical (unpaired) electrons. The Balaban J connectivity index is 1.59. The minimum atomic E-state index is 0.0139. The molecule has 1 aromatic carbocycles. The Morgan fingerprint density at radius 3 is 2.64 bits per heavy atom. The highest BCUT2D eigenvalue weighted by molar-refractivity contribution is 5.80. The number of benzene rings is 1. The zero-order valence-corrected chi connectivity index (χ0v) is 15.3. The summed E-state index contributed by atoms with van der Waals surface area (Å²) in [6.07, 6.45) is 3.33. The largest absolute Gasteiger partial charge is 0.493 e. The van der Waals surface area contributed by atoms with Gasteiger partial charge in [-0.3, -0.25) is 9.59 Å². The van der Waals surface area contributed by atoms with Gasteiger partial charge < -0.3 is 14.5 Å². The van der Waals surface area contributed by atoms with Crippen LogP contribution in [0.15, 0.2) is 18.2 Å². The van der Waals surface area contributed by atoms with E-state index in [0.717, 1.165) is 50.3 Å². The molecule has 0 saturated carbocycles. The van der Waals surface area contributed by atoms with Gasteiger partial charge in [0.1, 0.15) is 5.75 Å². The van der Waals surface area contributed by atoms with Gasteiger partial charge in [-0.05, 0) is 36.5 Å². The zero-order valence-electron chi connectivity index (χ0n) is 15.3. The van der Waals surface area contributed by atoms with Gasteiger partial charge in [0, 0.05) is 32.1 Å². The number of carbonyl (C=O) groups excluding carboxylic acids is 2. The third kappa shape index (κ3) is 4.33. The van der Waals surface area contributed by atoms with Gasteiger partial charge >= 0.3 is 0 Å². The van der Waals surface area contributed by atoms with Crippen molar-refractivity contribution >= 4 is 11.8 Å². The predicted octanol–water partition coefficient (Wildman–Crippen LogP) is 2.27. The molecule has 25 heavy (non-hydrogen) atoms. The molecular weight excluding hydrogens is 316 g/mol. The van der Waals surface area contributed by atoms with E-state index in [0.29, 0.717) is 19.5 Å². The lowest BCUT2D eigenvalue weighted by molar-refractivity contribution is -0.135. The van der Waals surface area contributed by atoms with E-state index < -0.39 is 0 Å². The fourth-order valence-electron chi connectivity index (χ4n) is 3.56. The Hall–Kier alpha value is -2.04. The molecule has 0 atom stereocenters. The first-order valence-electron chi connectivity index (χ1n) is 9.36.